The summed E-state index contributed by atoms with van der Waals surface area (Å²) in [5.41, 5.74) is 1.19. The molecule has 0 radical (unpaired) electrons. The molecule has 1 aromatic carbocycles. The summed E-state index contributed by atoms with van der Waals surface area (Å²) in [6.07, 6.45) is 3.42. The van der Waals surface area contributed by atoms with Crippen LogP contribution in [0.1, 0.15) is 24.8 Å². The Morgan fingerprint density at radius 2 is 1.90 bits per heavy atom. The topological polar surface area (TPSA) is 46.6 Å². The van der Waals surface area contributed by atoms with Gasteiger partial charge in [0.25, 0.3) is 0 Å². The van der Waals surface area contributed by atoms with E-state index in [4.69, 9.17) is 4.74 Å². The van der Waals surface area contributed by atoms with E-state index in [0.29, 0.717) is 12.5 Å². The molecule has 3 atom stereocenters. The number of esters is 1. The van der Waals surface area contributed by atoms with E-state index >= 15 is 0 Å². The zero-order valence-electron chi connectivity index (χ0n) is 11.9. The minimum atomic E-state index is -0.542. The molecule has 0 N–H and O–H groups in total. The van der Waals surface area contributed by atoms with Gasteiger partial charge in [-0.3, -0.25) is 14.5 Å². The Kier molecular flexibility index (Phi) is 3.07. The minimum absolute atomic E-state index is 0.0594. The van der Waals surface area contributed by atoms with Crippen LogP contribution < -0.4 is 0 Å². The monoisotopic (exact) mass is 285 g/mol. The van der Waals surface area contributed by atoms with Gasteiger partial charge < -0.3 is 4.74 Å². The van der Waals surface area contributed by atoms with Gasteiger partial charge in [-0.2, -0.15) is 0 Å². The Morgan fingerprint density at radius 3 is 2.57 bits per heavy atom. The van der Waals surface area contributed by atoms with Gasteiger partial charge in [0.15, 0.2) is 5.78 Å². The van der Waals surface area contributed by atoms with Crippen LogP contribution in [-0.4, -0.2) is 35.3 Å². The lowest BCUT2D eigenvalue weighted by atomic mass is 9.77. The van der Waals surface area contributed by atoms with Gasteiger partial charge in [0, 0.05) is 6.54 Å². The number of hydrogen-bond acceptors (Lipinski definition) is 4. The molecule has 1 unspecified atom stereocenters. The lowest BCUT2D eigenvalue weighted by Gasteiger charge is -2.37. The minimum Gasteiger partial charge on any atom is -0.463 e. The molecule has 4 nitrogen and oxygen atoms in total. The van der Waals surface area contributed by atoms with Crippen LogP contribution in [0.5, 0.6) is 0 Å². The maximum atomic E-state index is 12.7. The van der Waals surface area contributed by atoms with Crippen LogP contribution in [0.25, 0.3) is 0 Å². The molecule has 2 aliphatic heterocycles. The van der Waals surface area contributed by atoms with Gasteiger partial charge in [-0.25, -0.2) is 0 Å². The van der Waals surface area contributed by atoms with Crippen molar-refractivity contribution in [1.82, 2.24) is 4.90 Å². The number of ketones is 1. The Balaban J connectivity index is 1.64. The zero-order valence-corrected chi connectivity index (χ0v) is 11.9. The van der Waals surface area contributed by atoms with Gasteiger partial charge in [-0.15, -0.1) is 0 Å². The van der Waals surface area contributed by atoms with E-state index in [0.717, 1.165) is 19.4 Å². The highest BCUT2D eigenvalue weighted by Gasteiger charge is 2.58. The summed E-state index contributed by atoms with van der Waals surface area (Å²) in [4.78, 5) is 26.8. The smallest absolute Gasteiger partial charge is 0.318 e. The van der Waals surface area contributed by atoms with Crippen LogP contribution in [0.4, 0.5) is 0 Å². The van der Waals surface area contributed by atoms with Crippen molar-refractivity contribution in [2.24, 2.45) is 11.8 Å². The summed E-state index contributed by atoms with van der Waals surface area (Å²) in [6, 6.07) is 10.0. The van der Waals surface area contributed by atoms with Crippen molar-refractivity contribution in [2.45, 2.75) is 37.9 Å². The van der Waals surface area contributed by atoms with Crippen LogP contribution in [0.2, 0.25) is 0 Å². The van der Waals surface area contributed by atoms with E-state index in [2.05, 4.69) is 17.0 Å². The standard InChI is InChI=1S/C17H19NO3/c19-16-14-13(10-21-17(14)20)18(15(16)12-7-4-8-12)9-11-5-2-1-3-6-11/h1-3,5-6,12-15H,4,7-10H2/t13-,14+,15?/m0/s1. The average molecular weight is 285 g/mol. The second-order valence-corrected chi connectivity index (χ2v) is 6.37. The van der Waals surface area contributed by atoms with Gasteiger partial charge >= 0.3 is 5.97 Å². The molecule has 4 rings (SSSR count). The Bertz CT molecular complexity index is 567. The molecule has 0 spiro atoms. The van der Waals surface area contributed by atoms with Gasteiger partial charge in [0.2, 0.25) is 0 Å². The third-order valence-corrected chi connectivity index (χ3v) is 5.22. The van der Waals surface area contributed by atoms with E-state index in [1.165, 1.54) is 12.0 Å². The van der Waals surface area contributed by atoms with E-state index in [-0.39, 0.29) is 23.8 Å². The molecule has 110 valence electrons. The third kappa shape index (κ3) is 2.01. The Morgan fingerprint density at radius 1 is 1.14 bits per heavy atom. The van der Waals surface area contributed by atoms with E-state index < -0.39 is 5.92 Å². The fraction of sp³-hybridized carbons (Fsp3) is 0.529. The average Bonchev–Trinajstić information content (AvgIpc) is 2.93. The molecule has 1 aromatic rings. The molecule has 2 heterocycles. The number of carbonyl (C=O) groups is 2. The van der Waals surface area contributed by atoms with Crippen molar-refractivity contribution in [3.05, 3.63) is 35.9 Å². The van der Waals surface area contributed by atoms with Crippen LogP contribution in [-0.2, 0) is 20.9 Å². The summed E-state index contributed by atoms with van der Waals surface area (Å²) < 4.78 is 5.14. The van der Waals surface area contributed by atoms with Crippen molar-refractivity contribution in [3.63, 3.8) is 0 Å². The summed E-state index contributed by atoms with van der Waals surface area (Å²) in [6.45, 7) is 1.09. The number of fused-ring (bicyclic) bond motifs is 1. The molecule has 4 heteroatoms. The fourth-order valence-corrected chi connectivity index (χ4v) is 3.93. The van der Waals surface area contributed by atoms with Crippen LogP contribution in [0.15, 0.2) is 30.3 Å². The second kappa shape index (κ2) is 4.95. The number of cyclic esters (lactones) is 1. The molecule has 0 bridgehead atoms. The van der Waals surface area contributed by atoms with Crippen LogP contribution in [0, 0.1) is 11.8 Å². The van der Waals surface area contributed by atoms with Crippen molar-refractivity contribution in [1.29, 1.82) is 0 Å². The number of hydrogen-bond donors (Lipinski definition) is 0. The summed E-state index contributed by atoms with van der Waals surface area (Å²) in [7, 11) is 0. The molecule has 21 heavy (non-hydrogen) atoms. The lowest BCUT2D eigenvalue weighted by Crippen LogP contribution is -2.45. The first-order valence-corrected chi connectivity index (χ1v) is 7.76. The lowest BCUT2D eigenvalue weighted by molar-refractivity contribution is -0.145. The van der Waals surface area contributed by atoms with E-state index in [1.807, 2.05) is 18.2 Å². The number of ether oxygens (including phenoxy) is 1. The van der Waals surface area contributed by atoms with Gasteiger partial charge in [-0.05, 0) is 24.3 Å². The van der Waals surface area contributed by atoms with Gasteiger partial charge in [0.05, 0.1) is 12.1 Å². The molecule has 2 saturated heterocycles. The quantitative estimate of drug-likeness (QED) is 0.627. The van der Waals surface area contributed by atoms with Gasteiger partial charge in [-0.1, -0.05) is 36.8 Å². The Labute approximate surface area is 124 Å². The number of benzene rings is 1. The van der Waals surface area contributed by atoms with Crippen molar-refractivity contribution in [2.75, 3.05) is 6.61 Å². The first kappa shape index (κ1) is 13.0. The number of carbonyl (C=O) groups excluding carboxylic acids is 2. The molecular weight excluding hydrogens is 266 g/mol. The highest BCUT2D eigenvalue weighted by Crippen LogP contribution is 2.42. The molecule has 0 amide bonds. The summed E-state index contributed by atoms with van der Waals surface area (Å²) in [5, 5.41) is 0. The highest BCUT2D eigenvalue weighted by atomic mass is 16.5. The number of nitrogens with zero attached hydrogens (tertiary/aromatic N) is 1. The number of rotatable bonds is 3. The first-order chi connectivity index (χ1) is 10.3. The molecule has 1 saturated carbocycles. The van der Waals surface area contributed by atoms with E-state index in [9.17, 15) is 9.59 Å². The molecule has 3 fully saturated rings. The van der Waals surface area contributed by atoms with Crippen molar-refractivity contribution < 1.29 is 14.3 Å². The SMILES string of the molecule is O=C1OC[C@H]2[C@@H]1C(=O)C(C1CCC1)N2Cc1ccccc1. The van der Waals surface area contributed by atoms with Crippen molar-refractivity contribution >= 4 is 11.8 Å². The van der Waals surface area contributed by atoms with Crippen LogP contribution in [0.3, 0.4) is 0 Å². The van der Waals surface area contributed by atoms with Gasteiger partial charge in [0.1, 0.15) is 12.5 Å². The predicted molar refractivity (Wildman–Crippen MR) is 76.4 cm³/mol. The third-order valence-electron chi connectivity index (χ3n) is 5.22. The maximum absolute atomic E-state index is 12.7. The highest BCUT2D eigenvalue weighted by molar-refractivity contribution is 6.05. The summed E-state index contributed by atoms with van der Waals surface area (Å²) in [5.74, 6) is -0.327. The number of Topliss-reactive ketones (excluding diaryl/α,β-unsaturated/α-hetero) is 1. The molecule has 0 aromatic heterocycles. The normalized spacial score (nSPS) is 32.9. The van der Waals surface area contributed by atoms with E-state index in [1.54, 1.807) is 0 Å². The zero-order chi connectivity index (χ0) is 14.4. The van der Waals surface area contributed by atoms with Crippen LogP contribution >= 0.6 is 0 Å². The summed E-state index contributed by atoms with van der Waals surface area (Å²) >= 11 is 0. The predicted octanol–water partition coefficient (Wildman–Crippen LogP) is 1.78. The molecular formula is C17H19NO3. The molecule has 3 aliphatic rings. The number of likely N-dealkylation sites (tertiary alicyclic amines) is 1. The first-order valence-electron chi connectivity index (χ1n) is 7.76. The molecule has 1 aliphatic carbocycles. The second-order valence-electron chi connectivity index (χ2n) is 6.37. The largest absolute Gasteiger partial charge is 0.463 e. The Hall–Kier alpha value is -1.68. The fourth-order valence-electron chi connectivity index (χ4n) is 3.93. The maximum Gasteiger partial charge on any atom is 0.318 e. The van der Waals surface area contributed by atoms with Crippen molar-refractivity contribution in [3.8, 4) is 0 Å².